The molecule has 0 radical (unpaired) electrons. The van der Waals surface area contributed by atoms with Gasteiger partial charge >= 0.3 is 33.0 Å². The van der Waals surface area contributed by atoms with Crippen molar-refractivity contribution < 1.29 is 52.8 Å². The molecule has 0 saturated heterocycles. The second kappa shape index (κ2) is 6.92. The van der Waals surface area contributed by atoms with Crippen molar-refractivity contribution in [2.45, 2.75) is 36.4 Å². The lowest BCUT2D eigenvalue weighted by atomic mass is 10.0. The molecule has 0 heterocycles. The van der Waals surface area contributed by atoms with Gasteiger partial charge < -0.3 is 13.3 Å². The van der Waals surface area contributed by atoms with E-state index in [-0.39, 0.29) is 0 Å². The van der Waals surface area contributed by atoms with Gasteiger partial charge in [-0.1, -0.05) is 0 Å². The van der Waals surface area contributed by atoms with Gasteiger partial charge in [-0.2, -0.15) is 26.3 Å². The fourth-order valence-corrected chi connectivity index (χ4v) is 3.27. The minimum absolute atomic E-state index is 0.760. The quantitative estimate of drug-likeness (QED) is 0.462. The van der Waals surface area contributed by atoms with E-state index in [9.17, 15) is 39.5 Å². The summed E-state index contributed by atoms with van der Waals surface area (Å²) in [5, 5.41) is 0. The molecule has 0 saturated carbocycles. The second-order valence-electron chi connectivity index (χ2n) is 4.09. The lowest BCUT2D eigenvalue weighted by Gasteiger charge is -2.35. The first-order valence-electron chi connectivity index (χ1n) is 5.46. The summed E-state index contributed by atoms with van der Waals surface area (Å²) in [6, 6.07) is 0. The van der Waals surface area contributed by atoms with E-state index in [0.717, 1.165) is 21.3 Å². The van der Waals surface area contributed by atoms with Crippen LogP contribution in [0.15, 0.2) is 0 Å². The van der Waals surface area contributed by atoms with Crippen molar-refractivity contribution in [1.82, 2.24) is 0 Å². The Bertz CT molecular complexity index is 354. The Labute approximate surface area is 120 Å². The van der Waals surface area contributed by atoms with E-state index in [2.05, 4.69) is 13.3 Å². The van der Waals surface area contributed by atoms with Crippen LogP contribution < -0.4 is 0 Å². The minimum Gasteiger partial charge on any atom is -0.375 e. The van der Waals surface area contributed by atoms with Crippen LogP contribution in [-0.4, -0.2) is 60.1 Å². The Kier molecular flexibility index (Phi) is 6.76. The van der Waals surface area contributed by atoms with Gasteiger partial charge in [0.1, 0.15) is 0 Å². The minimum atomic E-state index is -6.49. The van der Waals surface area contributed by atoms with Crippen LogP contribution in [0.2, 0.25) is 0 Å². The maximum absolute atomic E-state index is 13.8. The SMILES string of the molecule is CO[Si](OC)(OC)C(F)CC(F)(F)C(F)(F)C(F)(F)C(F)F. The van der Waals surface area contributed by atoms with Crippen LogP contribution in [0.5, 0.6) is 0 Å². The van der Waals surface area contributed by atoms with Crippen molar-refractivity contribution in [2.75, 3.05) is 21.3 Å². The molecule has 0 aromatic rings. The van der Waals surface area contributed by atoms with Gasteiger partial charge in [0.05, 0.1) is 6.42 Å². The number of alkyl halides is 9. The lowest BCUT2D eigenvalue weighted by molar-refractivity contribution is -0.341. The normalized spacial score (nSPS) is 16.2. The van der Waals surface area contributed by atoms with Gasteiger partial charge in [0.25, 0.3) is 0 Å². The Balaban J connectivity index is 5.50. The molecular weight excluding hydrogens is 355 g/mol. The standard InChI is InChI=1S/C9H13F9O3Si/c1-19-22(20-2,21-3)5(10)4-7(13,14)9(17,18)8(15,16)6(11)12/h5-6H,4H2,1-3H3. The Morgan fingerprint density at radius 1 is 0.818 bits per heavy atom. The van der Waals surface area contributed by atoms with Gasteiger partial charge in [0.15, 0.2) is 5.79 Å². The van der Waals surface area contributed by atoms with Crippen LogP contribution in [0.4, 0.5) is 39.5 Å². The third-order valence-corrected chi connectivity index (χ3v) is 5.50. The molecule has 22 heavy (non-hydrogen) atoms. The van der Waals surface area contributed by atoms with Crippen molar-refractivity contribution in [2.24, 2.45) is 0 Å². The molecule has 1 atom stereocenters. The van der Waals surface area contributed by atoms with Crippen LogP contribution in [0.3, 0.4) is 0 Å². The van der Waals surface area contributed by atoms with Crippen LogP contribution in [0.25, 0.3) is 0 Å². The van der Waals surface area contributed by atoms with Gasteiger partial charge in [0, 0.05) is 21.3 Å². The molecule has 0 aliphatic carbocycles. The van der Waals surface area contributed by atoms with Gasteiger partial charge in [-0.15, -0.1) is 0 Å². The van der Waals surface area contributed by atoms with Gasteiger partial charge in [-0.3, -0.25) is 0 Å². The molecule has 0 amide bonds. The molecule has 3 nitrogen and oxygen atoms in total. The van der Waals surface area contributed by atoms with E-state index < -0.39 is 45.2 Å². The Morgan fingerprint density at radius 2 is 1.18 bits per heavy atom. The molecule has 0 fully saturated rings. The van der Waals surface area contributed by atoms with E-state index >= 15 is 0 Å². The average molecular weight is 368 g/mol. The maximum atomic E-state index is 13.8. The number of halogens is 9. The molecule has 0 bridgehead atoms. The van der Waals surface area contributed by atoms with Gasteiger partial charge in [-0.25, -0.2) is 13.2 Å². The smallest absolute Gasteiger partial charge is 0.375 e. The first-order valence-corrected chi connectivity index (χ1v) is 7.27. The highest BCUT2D eigenvalue weighted by Gasteiger charge is 2.76. The Hall–Kier alpha value is -0.533. The third kappa shape index (κ3) is 3.51. The number of hydrogen-bond acceptors (Lipinski definition) is 3. The first-order chi connectivity index (χ1) is 9.75. The second-order valence-corrected chi connectivity index (χ2v) is 7.15. The fourth-order valence-electron chi connectivity index (χ4n) is 1.49. The summed E-state index contributed by atoms with van der Waals surface area (Å²) in [5.74, 6) is -21.7. The van der Waals surface area contributed by atoms with Crippen LogP contribution >= 0.6 is 0 Å². The highest BCUT2D eigenvalue weighted by Crippen LogP contribution is 2.50. The topological polar surface area (TPSA) is 27.7 Å². The van der Waals surface area contributed by atoms with Crippen molar-refractivity contribution in [1.29, 1.82) is 0 Å². The predicted octanol–water partition coefficient (Wildman–Crippen LogP) is 3.30. The summed E-state index contributed by atoms with van der Waals surface area (Å²) < 4.78 is 129. The summed E-state index contributed by atoms with van der Waals surface area (Å²) in [6.45, 7) is 0. The molecule has 0 aliphatic rings. The van der Waals surface area contributed by atoms with Gasteiger partial charge in [0.2, 0.25) is 0 Å². The van der Waals surface area contributed by atoms with Crippen molar-refractivity contribution in [3.05, 3.63) is 0 Å². The summed E-state index contributed by atoms with van der Waals surface area (Å²) >= 11 is 0. The summed E-state index contributed by atoms with van der Waals surface area (Å²) in [7, 11) is -2.23. The molecule has 0 aromatic heterocycles. The predicted molar refractivity (Wildman–Crippen MR) is 57.1 cm³/mol. The van der Waals surface area contributed by atoms with Crippen LogP contribution in [0, 0.1) is 0 Å². The molecule has 1 unspecified atom stereocenters. The summed E-state index contributed by atoms with van der Waals surface area (Å²) in [5.41, 5.74) is 0. The molecule has 13 heteroatoms. The number of hydrogen-bond donors (Lipinski definition) is 0. The van der Waals surface area contributed by atoms with Crippen molar-refractivity contribution in [3.63, 3.8) is 0 Å². The largest absolute Gasteiger partial charge is 0.536 e. The van der Waals surface area contributed by atoms with Crippen LogP contribution in [-0.2, 0) is 13.3 Å². The van der Waals surface area contributed by atoms with Crippen molar-refractivity contribution in [3.8, 4) is 0 Å². The third-order valence-electron chi connectivity index (χ3n) is 2.82. The molecule has 0 aliphatic heterocycles. The van der Waals surface area contributed by atoms with E-state index in [1.54, 1.807) is 0 Å². The van der Waals surface area contributed by atoms with Crippen LogP contribution in [0.1, 0.15) is 6.42 Å². The highest BCUT2D eigenvalue weighted by molar-refractivity contribution is 6.62. The zero-order valence-corrected chi connectivity index (χ0v) is 12.5. The maximum Gasteiger partial charge on any atom is 0.536 e. The number of rotatable bonds is 9. The summed E-state index contributed by atoms with van der Waals surface area (Å²) in [6.07, 6.45) is -7.62. The van der Waals surface area contributed by atoms with E-state index in [1.807, 2.05) is 0 Å². The lowest BCUT2D eigenvalue weighted by Crippen LogP contribution is -2.61. The molecule has 0 rings (SSSR count). The molecular formula is C9H13F9O3Si. The van der Waals surface area contributed by atoms with Crippen molar-refractivity contribution >= 4 is 8.80 Å². The molecule has 0 N–H and O–H groups in total. The van der Waals surface area contributed by atoms with E-state index in [1.165, 1.54) is 0 Å². The first kappa shape index (κ1) is 21.5. The zero-order valence-electron chi connectivity index (χ0n) is 11.5. The van der Waals surface area contributed by atoms with E-state index in [4.69, 9.17) is 0 Å². The highest BCUT2D eigenvalue weighted by atomic mass is 28.4. The monoisotopic (exact) mass is 368 g/mol. The zero-order chi connectivity index (χ0) is 18.0. The molecule has 0 aromatic carbocycles. The molecule has 134 valence electrons. The molecule has 0 spiro atoms. The average Bonchev–Trinajstić information content (AvgIpc) is 2.40. The van der Waals surface area contributed by atoms with E-state index in [0.29, 0.717) is 0 Å². The Morgan fingerprint density at radius 3 is 1.45 bits per heavy atom. The fraction of sp³-hybridized carbons (Fsp3) is 1.00. The van der Waals surface area contributed by atoms with Gasteiger partial charge in [-0.05, 0) is 0 Å². The summed E-state index contributed by atoms with van der Waals surface area (Å²) in [4.78, 5) is 0.